The van der Waals surface area contributed by atoms with Gasteiger partial charge in [-0.3, -0.25) is 19.7 Å². The molecule has 0 aromatic rings. The summed E-state index contributed by atoms with van der Waals surface area (Å²) in [6.45, 7) is -0.757. The average Bonchev–Trinajstić information content (AvgIpc) is 2.44. The fourth-order valence-electron chi connectivity index (χ4n) is 1.02. The standard InChI is InChI=1S/C8H9NO7/c10-5(11)2-9-3-7(13)15-4-1-6(12)16-8(4)14/h4,9H,1-3H2,(H,10,11). The maximum absolute atomic E-state index is 11.0. The second kappa shape index (κ2) is 5.21. The summed E-state index contributed by atoms with van der Waals surface area (Å²) in [6.07, 6.45) is -1.52. The molecule has 1 aliphatic rings. The zero-order valence-electron chi connectivity index (χ0n) is 8.10. The number of hydrogen-bond donors (Lipinski definition) is 2. The van der Waals surface area contributed by atoms with Crippen molar-refractivity contribution in [2.24, 2.45) is 0 Å². The van der Waals surface area contributed by atoms with Gasteiger partial charge in [0.2, 0.25) is 6.10 Å². The van der Waals surface area contributed by atoms with Crippen molar-refractivity contribution in [1.82, 2.24) is 5.32 Å². The van der Waals surface area contributed by atoms with Crippen molar-refractivity contribution in [3.63, 3.8) is 0 Å². The molecule has 1 unspecified atom stereocenters. The highest BCUT2D eigenvalue weighted by molar-refractivity contribution is 5.97. The number of esters is 3. The van der Waals surface area contributed by atoms with Crippen molar-refractivity contribution in [2.75, 3.05) is 13.1 Å². The Hall–Kier alpha value is -1.96. The summed E-state index contributed by atoms with van der Waals surface area (Å²) in [6, 6.07) is 0. The molecule has 1 fully saturated rings. The topological polar surface area (TPSA) is 119 Å². The van der Waals surface area contributed by atoms with Crippen molar-refractivity contribution < 1.29 is 33.8 Å². The predicted octanol–water partition coefficient (Wildman–Crippen LogP) is -1.95. The van der Waals surface area contributed by atoms with Crippen molar-refractivity contribution in [3.05, 3.63) is 0 Å². The Morgan fingerprint density at radius 1 is 1.44 bits per heavy atom. The lowest BCUT2D eigenvalue weighted by atomic mass is 10.3. The molecule has 0 aliphatic carbocycles. The van der Waals surface area contributed by atoms with Crippen molar-refractivity contribution in [1.29, 1.82) is 0 Å². The number of rotatable bonds is 5. The van der Waals surface area contributed by atoms with Gasteiger partial charge in [-0.1, -0.05) is 0 Å². The van der Waals surface area contributed by atoms with E-state index in [4.69, 9.17) is 5.11 Å². The van der Waals surface area contributed by atoms with Crippen LogP contribution in [0.3, 0.4) is 0 Å². The highest BCUT2D eigenvalue weighted by Crippen LogP contribution is 2.11. The van der Waals surface area contributed by atoms with Gasteiger partial charge in [0.15, 0.2) is 0 Å². The molecule has 8 heteroatoms. The first-order valence-electron chi connectivity index (χ1n) is 4.35. The van der Waals surface area contributed by atoms with Crippen LogP contribution in [0.15, 0.2) is 0 Å². The number of nitrogens with one attached hydrogen (secondary N) is 1. The Bertz CT molecular complexity index is 337. The SMILES string of the molecule is O=C(O)CNCC(=O)OC1CC(=O)OC1=O. The molecule has 0 saturated carbocycles. The van der Waals surface area contributed by atoms with Gasteiger partial charge in [-0.25, -0.2) is 4.79 Å². The van der Waals surface area contributed by atoms with E-state index in [2.05, 4.69) is 14.8 Å². The first-order valence-corrected chi connectivity index (χ1v) is 4.35. The molecule has 0 amide bonds. The zero-order valence-corrected chi connectivity index (χ0v) is 8.10. The number of cyclic esters (lactones) is 2. The van der Waals surface area contributed by atoms with Crippen LogP contribution in [0.1, 0.15) is 6.42 Å². The van der Waals surface area contributed by atoms with Crippen LogP contribution in [0.25, 0.3) is 0 Å². The molecule has 1 saturated heterocycles. The summed E-state index contributed by atoms with van der Waals surface area (Å²) in [5.41, 5.74) is 0. The van der Waals surface area contributed by atoms with E-state index in [1.807, 2.05) is 0 Å². The third-order valence-corrected chi connectivity index (χ3v) is 1.65. The van der Waals surface area contributed by atoms with Crippen LogP contribution in [-0.4, -0.2) is 48.2 Å². The van der Waals surface area contributed by atoms with Crippen LogP contribution in [0.2, 0.25) is 0 Å². The fraction of sp³-hybridized carbons (Fsp3) is 0.500. The molecule has 0 aromatic heterocycles. The van der Waals surface area contributed by atoms with Gasteiger partial charge in [0.1, 0.15) is 0 Å². The van der Waals surface area contributed by atoms with Crippen molar-refractivity contribution in [2.45, 2.75) is 12.5 Å². The van der Waals surface area contributed by atoms with Gasteiger partial charge < -0.3 is 14.6 Å². The Balaban J connectivity index is 2.26. The smallest absolute Gasteiger partial charge is 0.355 e. The number of carbonyl (C=O) groups excluding carboxylic acids is 3. The van der Waals surface area contributed by atoms with Gasteiger partial charge >= 0.3 is 23.9 Å². The molecule has 0 bridgehead atoms. The zero-order chi connectivity index (χ0) is 12.1. The fourth-order valence-corrected chi connectivity index (χ4v) is 1.02. The summed E-state index contributed by atoms with van der Waals surface area (Å²) >= 11 is 0. The monoisotopic (exact) mass is 231 g/mol. The van der Waals surface area contributed by atoms with E-state index in [0.29, 0.717) is 0 Å². The van der Waals surface area contributed by atoms with Crippen LogP contribution in [-0.2, 0) is 28.7 Å². The van der Waals surface area contributed by atoms with Gasteiger partial charge in [-0.2, -0.15) is 0 Å². The molecule has 88 valence electrons. The van der Waals surface area contributed by atoms with Crippen LogP contribution in [0, 0.1) is 0 Å². The van der Waals surface area contributed by atoms with Gasteiger partial charge in [0.05, 0.1) is 19.5 Å². The second-order valence-electron chi connectivity index (χ2n) is 2.97. The van der Waals surface area contributed by atoms with Crippen molar-refractivity contribution >= 4 is 23.9 Å². The third kappa shape index (κ3) is 3.65. The van der Waals surface area contributed by atoms with Gasteiger partial charge in [-0.05, 0) is 0 Å². The van der Waals surface area contributed by atoms with E-state index in [-0.39, 0.29) is 13.0 Å². The Morgan fingerprint density at radius 3 is 2.62 bits per heavy atom. The average molecular weight is 231 g/mol. The van der Waals surface area contributed by atoms with Gasteiger partial charge in [-0.15, -0.1) is 0 Å². The lowest BCUT2D eigenvalue weighted by Crippen LogP contribution is -2.32. The first kappa shape index (κ1) is 12.1. The Labute approximate surface area is 89.5 Å². The largest absolute Gasteiger partial charge is 0.480 e. The Morgan fingerprint density at radius 2 is 2.12 bits per heavy atom. The number of carboxylic acids is 1. The molecule has 8 nitrogen and oxygen atoms in total. The van der Waals surface area contributed by atoms with E-state index in [1.54, 1.807) is 0 Å². The minimum Gasteiger partial charge on any atom is -0.480 e. The third-order valence-electron chi connectivity index (χ3n) is 1.65. The van der Waals surface area contributed by atoms with E-state index < -0.39 is 36.5 Å². The number of aliphatic carboxylic acids is 1. The molecule has 1 aliphatic heterocycles. The normalized spacial score (nSPS) is 19.4. The van der Waals surface area contributed by atoms with E-state index in [9.17, 15) is 19.2 Å². The lowest BCUT2D eigenvalue weighted by Gasteiger charge is -2.07. The minimum atomic E-state index is -1.22. The maximum Gasteiger partial charge on any atom is 0.355 e. The summed E-state index contributed by atoms with van der Waals surface area (Å²) < 4.78 is 8.73. The minimum absolute atomic E-state index is 0.302. The summed E-state index contributed by atoms with van der Waals surface area (Å²) in [5, 5.41) is 10.5. The predicted molar refractivity (Wildman–Crippen MR) is 46.1 cm³/mol. The molecule has 0 spiro atoms. The molecule has 1 heterocycles. The first-order chi connectivity index (χ1) is 7.49. The second-order valence-corrected chi connectivity index (χ2v) is 2.97. The van der Waals surface area contributed by atoms with Crippen LogP contribution >= 0.6 is 0 Å². The maximum atomic E-state index is 11.0. The Kier molecular flexibility index (Phi) is 3.95. The number of ether oxygens (including phenoxy) is 2. The summed E-state index contributed by atoms with van der Waals surface area (Å²) in [4.78, 5) is 42.6. The molecule has 1 rings (SSSR count). The van der Waals surface area contributed by atoms with E-state index in [0.717, 1.165) is 0 Å². The van der Waals surface area contributed by atoms with Crippen LogP contribution in [0.5, 0.6) is 0 Å². The number of carbonyl (C=O) groups is 4. The molecular formula is C8H9NO7. The highest BCUT2D eigenvalue weighted by atomic mass is 16.6. The number of carboxylic acid groups (broad SMARTS) is 1. The van der Waals surface area contributed by atoms with Crippen LogP contribution in [0.4, 0.5) is 0 Å². The summed E-state index contributed by atoms with van der Waals surface area (Å²) in [7, 11) is 0. The van der Waals surface area contributed by atoms with E-state index >= 15 is 0 Å². The van der Waals surface area contributed by atoms with Crippen molar-refractivity contribution in [3.8, 4) is 0 Å². The van der Waals surface area contributed by atoms with E-state index in [1.165, 1.54) is 0 Å². The summed E-state index contributed by atoms with van der Waals surface area (Å²) in [5.74, 6) is -3.60. The molecule has 0 aromatic carbocycles. The van der Waals surface area contributed by atoms with Crippen LogP contribution < -0.4 is 5.32 Å². The molecule has 0 radical (unpaired) electrons. The molecular weight excluding hydrogens is 222 g/mol. The quantitative estimate of drug-likeness (QED) is 0.413. The lowest BCUT2D eigenvalue weighted by molar-refractivity contribution is -0.162. The van der Waals surface area contributed by atoms with Gasteiger partial charge in [0, 0.05) is 0 Å². The molecule has 1 atom stereocenters. The highest BCUT2D eigenvalue weighted by Gasteiger charge is 2.36. The van der Waals surface area contributed by atoms with Gasteiger partial charge in [0.25, 0.3) is 0 Å². The molecule has 2 N–H and O–H groups in total. The molecule has 16 heavy (non-hydrogen) atoms. The number of hydrogen-bond acceptors (Lipinski definition) is 7.